The Kier molecular flexibility index (Phi) is 3.24. The number of aromatic amines is 1. The predicted molar refractivity (Wildman–Crippen MR) is 93.9 cm³/mol. The standard InChI is InChI=1S/C17H10BrN3O3/c18-9-6-7-12-11(8-9)14-15(19-12)13(17(23)24)16(22)21(20-14)10-4-2-1-3-5-10/h1-8,19H,(H,23,24). The summed E-state index contributed by atoms with van der Waals surface area (Å²) < 4.78 is 1.96. The van der Waals surface area contributed by atoms with Crippen LogP contribution in [0.4, 0.5) is 0 Å². The minimum absolute atomic E-state index is 0.229. The van der Waals surface area contributed by atoms with Crippen LogP contribution in [0, 0.1) is 0 Å². The summed E-state index contributed by atoms with van der Waals surface area (Å²) in [6, 6.07) is 14.2. The molecular formula is C17H10BrN3O3. The molecule has 0 bridgehead atoms. The number of hydrogen-bond donors (Lipinski definition) is 2. The maximum absolute atomic E-state index is 12.7. The van der Waals surface area contributed by atoms with Gasteiger partial charge in [0.2, 0.25) is 0 Å². The number of para-hydroxylation sites is 1. The lowest BCUT2D eigenvalue weighted by atomic mass is 10.2. The number of hydrogen-bond acceptors (Lipinski definition) is 3. The van der Waals surface area contributed by atoms with Gasteiger partial charge in [0.05, 0.1) is 11.2 Å². The number of nitrogens with one attached hydrogen (secondary N) is 1. The van der Waals surface area contributed by atoms with Gasteiger partial charge in [-0.3, -0.25) is 4.79 Å². The summed E-state index contributed by atoms with van der Waals surface area (Å²) >= 11 is 3.40. The SMILES string of the molecule is O=C(O)c1c(=O)n(-c2ccccc2)nc2c1[nH]c1ccc(Br)cc12. The molecule has 0 saturated heterocycles. The van der Waals surface area contributed by atoms with Gasteiger partial charge in [0, 0.05) is 15.4 Å². The van der Waals surface area contributed by atoms with E-state index in [4.69, 9.17) is 0 Å². The molecule has 118 valence electrons. The van der Waals surface area contributed by atoms with Gasteiger partial charge in [-0.15, -0.1) is 0 Å². The Balaban J connectivity index is 2.21. The zero-order valence-corrected chi connectivity index (χ0v) is 13.7. The highest BCUT2D eigenvalue weighted by molar-refractivity contribution is 9.10. The van der Waals surface area contributed by atoms with E-state index >= 15 is 0 Å². The van der Waals surface area contributed by atoms with Crippen molar-refractivity contribution >= 4 is 43.8 Å². The number of carboxylic acid groups (broad SMARTS) is 1. The van der Waals surface area contributed by atoms with Gasteiger partial charge in [-0.05, 0) is 30.3 Å². The number of benzene rings is 2. The van der Waals surface area contributed by atoms with Gasteiger partial charge in [0.25, 0.3) is 5.56 Å². The molecule has 6 nitrogen and oxygen atoms in total. The molecule has 2 aromatic heterocycles. The Hall–Kier alpha value is -2.93. The molecule has 0 fully saturated rings. The lowest BCUT2D eigenvalue weighted by molar-refractivity contribution is 0.0696. The highest BCUT2D eigenvalue weighted by Gasteiger charge is 2.21. The average Bonchev–Trinajstić information content (AvgIpc) is 2.91. The first-order chi connectivity index (χ1) is 11.6. The Bertz CT molecular complexity index is 1160. The molecule has 0 amide bonds. The third kappa shape index (κ3) is 2.13. The van der Waals surface area contributed by atoms with Crippen molar-refractivity contribution in [3.8, 4) is 5.69 Å². The average molecular weight is 384 g/mol. The number of H-pyrrole nitrogens is 1. The summed E-state index contributed by atoms with van der Waals surface area (Å²) in [5, 5.41) is 14.7. The number of aromatic nitrogens is 3. The summed E-state index contributed by atoms with van der Waals surface area (Å²) in [5.41, 5.74) is 0.896. The monoisotopic (exact) mass is 383 g/mol. The van der Waals surface area contributed by atoms with E-state index in [1.807, 2.05) is 24.3 Å². The van der Waals surface area contributed by atoms with Gasteiger partial charge >= 0.3 is 5.97 Å². The van der Waals surface area contributed by atoms with Crippen LogP contribution in [0.15, 0.2) is 57.8 Å². The molecule has 0 spiro atoms. The molecule has 4 aromatic rings. The second-order valence-electron chi connectivity index (χ2n) is 5.27. The molecule has 0 unspecified atom stereocenters. The van der Waals surface area contributed by atoms with E-state index < -0.39 is 11.5 Å². The van der Waals surface area contributed by atoms with Gasteiger partial charge in [0.15, 0.2) is 5.56 Å². The highest BCUT2D eigenvalue weighted by atomic mass is 79.9. The summed E-state index contributed by atoms with van der Waals surface area (Å²) in [7, 11) is 0. The zero-order valence-electron chi connectivity index (χ0n) is 12.2. The number of aromatic carboxylic acids is 1. The van der Waals surface area contributed by atoms with Crippen molar-refractivity contribution in [3.63, 3.8) is 0 Å². The summed E-state index contributed by atoms with van der Waals surface area (Å²) in [6.45, 7) is 0. The Morgan fingerprint density at radius 1 is 1.17 bits per heavy atom. The van der Waals surface area contributed by atoms with Crippen molar-refractivity contribution < 1.29 is 9.90 Å². The Morgan fingerprint density at radius 3 is 2.62 bits per heavy atom. The third-order valence-electron chi connectivity index (χ3n) is 3.80. The van der Waals surface area contributed by atoms with E-state index in [0.29, 0.717) is 16.7 Å². The van der Waals surface area contributed by atoms with Crippen molar-refractivity contribution in [1.29, 1.82) is 0 Å². The van der Waals surface area contributed by atoms with Crippen molar-refractivity contribution in [2.75, 3.05) is 0 Å². The van der Waals surface area contributed by atoms with Crippen molar-refractivity contribution in [2.24, 2.45) is 0 Å². The second kappa shape index (κ2) is 5.31. The maximum Gasteiger partial charge on any atom is 0.343 e. The largest absolute Gasteiger partial charge is 0.477 e. The van der Waals surface area contributed by atoms with E-state index in [0.717, 1.165) is 14.5 Å². The minimum Gasteiger partial charge on any atom is -0.477 e. The van der Waals surface area contributed by atoms with Crippen LogP contribution in [0.25, 0.3) is 27.6 Å². The molecule has 0 radical (unpaired) electrons. The first kappa shape index (κ1) is 14.6. The van der Waals surface area contributed by atoms with Crippen molar-refractivity contribution in [3.05, 3.63) is 68.9 Å². The molecule has 0 saturated carbocycles. The van der Waals surface area contributed by atoms with Gasteiger partial charge in [0.1, 0.15) is 5.52 Å². The van der Waals surface area contributed by atoms with Gasteiger partial charge in [-0.1, -0.05) is 34.1 Å². The predicted octanol–water partition coefficient (Wildman–Crippen LogP) is 3.33. The maximum atomic E-state index is 12.7. The van der Waals surface area contributed by atoms with E-state index in [1.54, 1.807) is 24.3 Å². The van der Waals surface area contributed by atoms with Crippen LogP contribution in [0.1, 0.15) is 10.4 Å². The molecule has 24 heavy (non-hydrogen) atoms. The van der Waals surface area contributed by atoms with Crippen LogP contribution in [-0.4, -0.2) is 25.8 Å². The fraction of sp³-hybridized carbons (Fsp3) is 0. The molecule has 0 atom stereocenters. The Morgan fingerprint density at radius 2 is 1.92 bits per heavy atom. The third-order valence-corrected chi connectivity index (χ3v) is 4.30. The van der Waals surface area contributed by atoms with Crippen LogP contribution in [0.2, 0.25) is 0 Å². The molecule has 2 aromatic carbocycles. The number of carboxylic acids is 1. The molecule has 2 heterocycles. The normalized spacial score (nSPS) is 11.2. The number of halogens is 1. The molecule has 0 aliphatic rings. The van der Waals surface area contributed by atoms with Crippen LogP contribution in [-0.2, 0) is 0 Å². The van der Waals surface area contributed by atoms with E-state index in [2.05, 4.69) is 26.0 Å². The van der Waals surface area contributed by atoms with Crippen LogP contribution in [0.3, 0.4) is 0 Å². The number of rotatable bonds is 2. The topological polar surface area (TPSA) is 88.0 Å². The molecule has 4 rings (SSSR count). The Labute approximate surface area is 143 Å². The van der Waals surface area contributed by atoms with Crippen molar-refractivity contribution in [1.82, 2.24) is 14.8 Å². The molecular weight excluding hydrogens is 374 g/mol. The molecule has 0 aliphatic carbocycles. The highest BCUT2D eigenvalue weighted by Crippen LogP contribution is 2.27. The molecule has 7 heteroatoms. The van der Waals surface area contributed by atoms with Gasteiger partial charge in [-0.25, -0.2) is 4.79 Å². The first-order valence-electron chi connectivity index (χ1n) is 7.09. The number of carbonyl (C=O) groups is 1. The van der Waals surface area contributed by atoms with Crippen LogP contribution in [0.5, 0.6) is 0 Å². The lowest BCUT2D eigenvalue weighted by Gasteiger charge is -2.06. The molecule has 2 N–H and O–H groups in total. The minimum atomic E-state index is -1.29. The van der Waals surface area contributed by atoms with Crippen LogP contribution >= 0.6 is 15.9 Å². The van der Waals surface area contributed by atoms with E-state index in [9.17, 15) is 14.7 Å². The van der Waals surface area contributed by atoms with E-state index in [-0.39, 0.29) is 11.1 Å². The summed E-state index contributed by atoms with van der Waals surface area (Å²) in [6.07, 6.45) is 0. The zero-order chi connectivity index (χ0) is 16.8. The first-order valence-corrected chi connectivity index (χ1v) is 7.88. The van der Waals surface area contributed by atoms with Crippen molar-refractivity contribution in [2.45, 2.75) is 0 Å². The van der Waals surface area contributed by atoms with Crippen LogP contribution < -0.4 is 5.56 Å². The van der Waals surface area contributed by atoms with Gasteiger partial charge in [-0.2, -0.15) is 9.78 Å². The quantitative estimate of drug-likeness (QED) is 0.555. The van der Waals surface area contributed by atoms with Gasteiger partial charge < -0.3 is 10.1 Å². The summed E-state index contributed by atoms with van der Waals surface area (Å²) in [4.78, 5) is 27.3. The summed E-state index contributed by atoms with van der Waals surface area (Å²) in [5.74, 6) is -1.29. The number of fused-ring (bicyclic) bond motifs is 3. The van der Waals surface area contributed by atoms with E-state index in [1.165, 1.54) is 0 Å². The lowest BCUT2D eigenvalue weighted by Crippen LogP contribution is -2.27. The fourth-order valence-corrected chi connectivity index (χ4v) is 3.10. The smallest absolute Gasteiger partial charge is 0.343 e. The second-order valence-corrected chi connectivity index (χ2v) is 6.19. The number of nitrogens with zero attached hydrogens (tertiary/aromatic N) is 2. The fourth-order valence-electron chi connectivity index (χ4n) is 2.74. The molecule has 0 aliphatic heterocycles.